The molecule has 4 heteroatoms. The maximum Gasteiger partial charge on any atom is 0.253 e. The van der Waals surface area contributed by atoms with E-state index < -0.39 is 0 Å². The number of fused-ring (bicyclic) bond motifs is 1. The number of hydrogen-bond donors (Lipinski definition) is 0. The number of aromatic nitrogens is 1. The molecule has 1 saturated heterocycles. The summed E-state index contributed by atoms with van der Waals surface area (Å²) in [7, 11) is 0. The number of aryl methyl sites for hydroxylation is 1. The van der Waals surface area contributed by atoms with Crippen LogP contribution in [-0.4, -0.2) is 28.9 Å². The van der Waals surface area contributed by atoms with Gasteiger partial charge in [0, 0.05) is 24.6 Å². The second-order valence-electron chi connectivity index (χ2n) is 6.45. The third-order valence-electron chi connectivity index (χ3n) is 4.74. The van der Waals surface area contributed by atoms with Crippen molar-refractivity contribution in [2.45, 2.75) is 25.7 Å². The standard InChI is InChI=1S/C20H20N2O2/c1-14-6-8-16(9-7-14)20(23)22-12-10-15(11-13-22)19-21-17-4-2-3-5-18(17)24-19/h2-9,15H,10-13H2,1H3. The van der Waals surface area contributed by atoms with Crippen molar-refractivity contribution in [1.82, 2.24) is 9.88 Å². The maximum atomic E-state index is 12.6. The van der Waals surface area contributed by atoms with Crippen molar-refractivity contribution in [3.8, 4) is 0 Å². The van der Waals surface area contributed by atoms with Gasteiger partial charge in [-0.3, -0.25) is 4.79 Å². The number of nitrogens with zero attached hydrogens (tertiary/aromatic N) is 2. The Balaban J connectivity index is 1.44. The Morgan fingerprint density at radius 3 is 2.50 bits per heavy atom. The fourth-order valence-electron chi connectivity index (χ4n) is 3.27. The van der Waals surface area contributed by atoms with Crippen molar-refractivity contribution in [3.05, 3.63) is 65.5 Å². The van der Waals surface area contributed by atoms with Crippen LogP contribution in [0.25, 0.3) is 11.1 Å². The van der Waals surface area contributed by atoms with Gasteiger partial charge in [-0.25, -0.2) is 4.98 Å². The highest BCUT2D eigenvalue weighted by molar-refractivity contribution is 5.94. The van der Waals surface area contributed by atoms with Gasteiger partial charge in [-0.15, -0.1) is 0 Å². The van der Waals surface area contributed by atoms with E-state index in [0.717, 1.165) is 48.5 Å². The summed E-state index contributed by atoms with van der Waals surface area (Å²) in [6.45, 7) is 3.52. The third kappa shape index (κ3) is 2.80. The highest BCUT2D eigenvalue weighted by Crippen LogP contribution is 2.30. The summed E-state index contributed by atoms with van der Waals surface area (Å²) in [6.07, 6.45) is 1.79. The summed E-state index contributed by atoms with van der Waals surface area (Å²) in [6, 6.07) is 15.6. The zero-order valence-electron chi connectivity index (χ0n) is 13.7. The molecule has 0 spiro atoms. The Hall–Kier alpha value is -2.62. The van der Waals surface area contributed by atoms with Gasteiger partial charge in [0.05, 0.1) is 0 Å². The van der Waals surface area contributed by atoms with Crippen LogP contribution < -0.4 is 0 Å². The predicted molar refractivity (Wildman–Crippen MR) is 93.1 cm³/mol. The van der Waals surface area contributed by atoms with Crippen LogP contribution in [0.5, 0.6) is 0 Å². The zero-order chi connectivity index (χ0) is 16.5. The highest BCUT2D eigenvalue weighted by Gasteiger charge is 2.27. The number of carbonyl (C=O) groups excluding carboxylic acids is 1. The molecule has 1 aromatic heterocycles. The van der Waals surface area contributed by atoms with Gasteiger partial charge >= 0.3 is 0 Å². The maximum absolute atomic E-state index is 12.6. The Labute approximate surface area is 141 Å². The van der Waals surface area contributed by atoms with Crippen LogP contribution in [-0.2, 0) is 0 Å². The van der Waals surface area contributed by atoms with Gasteiger partial charge in [0.1, 0.15) is 5.52 Å². The number of rotatable bonds is 2. The van der Waals surface area contributed by atoms with Crippen LogP contribution in [0.3, 0.4) is 0 Å². The fourth-order valence-corrected chi connectivity index (χ4v) is 3.27. The first-order chi connectivity index (χ1) is 11.7. The molecule has 1 aliphatic heterocycles. The number of likely N-dealkylation sites (tertiary alicyclic amines) is 1. The van der Waals surface area contributed by atoms with E-state index in [0.29, 0.717) is 5.92 Å². The van der Waals surface area contributed by atoms with E-state index in [4.69, 9.17) is 4.42 Å². The number of carbonyl (C=O) groups is 1. The number of para-hydroxylation sites is 2. The lowest BCUT2D eigenvalue weighted by molar-refractivity contribution is 0.0706. The van der Waals surface area contributed by atoms with E-state index in [1.165, 1.54) is 5.56 Å². The van der Waals surface area contributed by atoms with Crippen LogP contribution in [0.1, 0.15) is 40.6 Å². The summed E-state index contributed by atoms with van der Waals surface area (Å²) in [5.41, 5.74) is 3.68. The number of piperidine rings is 1. The minimum absolute atomic E-state index is 0.117. The van der Waals surface area contributed by atoms with Crippen molar-refractivity contribution >= 4 is 17.0 Å². The minimum Gasteiger partial charge on any atom is -0.440 e. The first-order valence-electron chi connectivity index (χ1n) is 8.42. The molecule has 0 unspecified atom stereocenters. The van der Waals surface area contributed by atoms with Gasteiger partial charge in [0.2, 0.25) is 0 Å². The van der Waals surface area contributed by atoms with Crippen LogP contribution in [0, 0.1) is 6.92 Å². The van der Waals surface area contributed by atoms with E-state index in [2.05, 4.69) is 4.98 Å². The van der Waals surface area contributed by atoms with Crippen LogP contribution in [0.2, 0.25) is 0 Å². The Bertz CT molecular complexity index is 826. The lowest BCUT2D eigenvalue weighted by Crippen LogP contribution is -2.37. The van der Waals surface area contributed by atoms with Crippen molar-refractivity contribution in [2.75, 3.05) is 13.1 Å². The quantitative estimate of drug-likeness (QED) is 0.712. The van der Waals surface area contributed by atoms with Crippen molar-refractivity contribution in [2.24, 2.45) is 0 Å². The van der Waals surface area contributed by atoms with Crippen molar-refractivity contribution < 1.29 is 9.21 Å². The summed E-state index contributed by atoms with van der Waals surface area (Å²) in [5.74, 6) is 1.21. The van der Waals surface area contributed by atoms with Crippen LogP contribution >= 0.6 is 0 Å². The molecular formula is C20H20N2O2. The third-order valence-corrected chi connectivity index (χ3v) is 4.74. The van der Waals surface area contributed by atoms with Gasteiger partial charge in [-0.05, 0) is 44.0 Å². The first-order valence-corrected chi connectivity index (χ1v) is 8.42. The molecule has 1 aliphatic rings. The lowest BCUT2D eigenvalue weighted by atomic mass is 9.96. The van der Waals surface area contributed by atoms with E-state index >= 15 is 0 Å². The molecule has 3 aromatic rings. The van der Waals surface area contributed by atoms with Crippen LogP contribution in [0.4, 0.5) is 0 Å². The molecule has 122 valence electrons. The molecule has 4 rings (SSSR count). The second kappa shape index (κ2) is 6.11. The molecule has 0 atom stereocenters. The minimum atomic E-state index is 0.117. The zero-order valence-corrected chi connectivity index (χ0v) is 13.7. The highest BCUT2D eigenvalue weighted by atomic mass is 16.3. The molecule has 0 N–H and O–H groups in total. The number of hydrogen-bond acceptors (Lipinski definition) is 3. The number of oxazole rings is 1. The molecule has 24 heavy (non-hydrogen) atoms. The molecule has 2 aromatic carbocycles. The average Bonchev–Trinajstić information content (AvgIpc) is 3.06. The SMILES string of the molecule is Cc1ccc(C(=O)N2CCC(c3nc4ccccc4o3)CC2)cc1. The monoisotopic (exact) mass is 320 g/mol. The Morgan fingerprint density at radius 2 is 1.79 bits per heavy atom. The van der Waals surface area contributed by atoms with Crippen molar-refractivity contribution in [1.29, 1.82) is 0 Å². The summed E-state index contributed by atoms with van der Waals surface area (Å²) < 4.78 is 5.89. The van der Waals surface area contributed by atoms with Gasteiger partial charge in [-0.2, -0.15) is 0 Å². The second-order valence-corrected chi connectivity index (χ2v) is 6.45. The van der Waals surface area contributed by atoms with Gasteiger partial charge < -0.3 is 9.32 Å². The molecule has 0 radical (unpaired) electrons. The first kappa shape index (κ1) is 14.9. The van der Waals surface area contributed by atoms with E-state index in [-0.39, 0.29) is 5.91 Å². The fraction of sp³-hybridized carbons (Fsp3) is 0.300. The molecule has 1 amide bonds. The van der Waals surface area contributed by atoms with E-state index in [9.17, 15) is 4.79 Å². The predicted octanol–water partition coefficient (Wildman–Crippen LogP) is 4.16. The number of amides is 1. The molecular weight excluding hydrogens is 300 g/mol. The summed E-state index contributed by atoms with van der Waals surface area (Å²) >= 11 is 0. The van der Waals surface area contributed by atoms with E-state index in [1.54, 1.807) is 0 Å². The Morgan fingerprint density at radius 1 is 1.08 bits per heavy atom. The summed E-state index contributed by atoms with van der Waals surface area (Å²) in [4.78, 5) is 19.1. The Kier molecular flexibility index (Phi) is 3.81. The lowest BCUT2D eigenvalue weighted by Gasteiger charge is -2.30. The molecule has 0 saturated carbocycles. The normalized spacial score (nSPS) is 15.8. The van der Waals surface area contributed by atoms with Gasteiger partial charge in [0.25, 0.3) is 5.91 Å². The van der Waals surface area contributed by atoms with Gasteiger partial charge in [-0.1, -0.05) is 29.8 Å². The molecule has 2 heterocycles. The molecule has 0 aliphatic carbocycles. The largest absolute Gasteiger partial charge is 0.440 e. The average molecular weight is 320 g/mol. The van der Waals surface area contributed by atoms with Gasteiger partial charge in [0.15, 0.2) is 11.5 Å². The van der Waals surface area contributed by atoms with Crippen LogP contribution in [0.15, 0.2) is 52.9 Å². The van der Waals surface area contributed by atoms with E-state index in [1.807, 2.05) is 60.4 Å². The molecule has 0 bridgehead atoms. The number of benzene rings is 2. The molecule has 4 nitrogen and oxygen atoms in total. The molecule has 1 fully saturated rings. The summed E-state index contributed by atoms with van der Waals surface area (Å²) in [5, 5.41) is 0. The van der Waals surface area contributed by atoms with Crippen molar-refractivity contribution in [3.63, 3.8) is 0 Å². The smallest absolute Gasteiger partial charge is 0.253 e. The topological polar surface area (TPSA) is 46.3 Å².